The molecule has 5 nitrogen and oxygen atoms in total. The summed E-state index contributed by atoms with van der Waals surface area (Å²) in [6.45, 7) is 8.53. The Morgan fingerprint density at radius 2 is 1.95 bits per heavy atom. The predicted octanol–water partition coefficient (Wildman–Crippen LogP) is 3.09. The zero-order valence-electron chi connectivity index (χ0n) is 13.0. The third-order valence-electron chi connectivity index (χ3n) is 3.52. The fraction of sp³-hybridized carbons (Fsp3) is 0.375. The summed E-state index contributed by atoms with van der Waals surface area (Å²) >= 11 is 0. The van der Waals surface area contributed by atoms with Gasteiger partial charge in [-0.15, -0.1) is 0 Å². The third-order valence-corrected chi connectivity index (χ3v) is 3.52. The Hall–Kier alpha value is -2.30. The lowest BCUT2D eigenvalue weighted by atomic mass is 10.1. The first-order chi connectivity index (χ1) is 9.95. The second kappa shape index (κ2) is 5.99. The number of aryl methyl sites for hydroxylation is 1. The average molecular weight is 286 g/mol. The lowest BCUT2D eigenvalue weighted by molar-refractivity contribution is 0.0984. The molecule has 0 atom stereocenters. The van der Waals surface area contributed by atoms with Gasteiger partial charge < -0.3 is 10.6 Å². The van der Waals surface area contributed by atoms with Crippen molar-refractivity contribution in [1.29, 1.82) is 0 Å². The summed E-state index contributed by atoms with van der Waals surface area (Å²) < 4.78 is 0. The Morgan fingerprint density at radius 1 is 1.33 bits per heavy atom. The van der Waals surface area contributed by atoms with Gasteiger partial charge in [-0.1, -0.05) is 31.5 Å². The summed E-state index contributed by atoms with van der Waals surface area (Å²) in [7, 11) is 0. The smallest absolute Gasteiger partial charge is 0.280 e. The van der Waals surface area contributed by atoms with Crippen molar-refractivity contribution < 1.29 is 4.79 Å². The number of hydrogen-bond acceptors (Lipinski definition) is 3. The van der Waals surface area contributed by atoms with Crippen LogP contribution in [-0.2, 0) is 0 Å². The van der Waals surface area contributed by atoms with E-state index in [0.717, 1.165) is 16.9 Å². The van der Waals surface area contributed by atoms with E-state index in [4.69, 9.17) is 5.73 Å². The van der Waals surface area contributed by atoms with Gasteiger partial charge >= 0.3 is 0 Å². The van der Waals surface area contributed by atoms with Crippen LogP contribution in [0.5, 0.6) is 0 Å². The molecule has 3 N–H and O–H groups in total. The van der Waals surface area contributed by atoms with Crippen molar-refractivity contribution >= 4 is 17.3 Å². The summed E-state index contributed by atoms with van der Waals surface area (Å²) in [6.07, 6.45) is 0. The number of benzene rings is 1. The molecule has 2 rings (SSSR count). The van der Waals surface area contributed by atoms with Crippen LogP contribution in [0.4, 0.5) is 11.4 Å². The molecule has 5 heteroatoms. The maximum Gasteiger partial charge on any atom is 0.280 e. The predicted molar refractivity (Wildman–Crippen MR) is 85.6 cm³/mol. The largest absolute Gasteiger partial charge is 0.395 e. The quantitative estimate of drug-likeness (QED) is 0.907. The van der Waals surface area contributed by atoms with Crippen LogP contribution < -0.4 is 10.6 Å². The first-order valence-corrected chi connectivity index (χ1v) is 7.18. The molecule has 112 valence electrons. The SMILES string of the molecule is CCN(C(=O)c1n[nH]c(C(C)C)c1N)c1ccc(C)cc1. The number of nitrogens with one attached hydrogen (secondary N) is 1. The zero-order chi connectivity index (χ0) is 15.6. The van der Waals surface area contributed by atoms with Gasteiger partial charge in [0.25, 0.3) is 5.91 Å². The monoisotopic (exact) mass is 286 g/mol. The minimum atomic E-state index is -0.179. The fourth-order valence-electron chi connectivity index (χ4n) is 2.26. The van der Waals surface area contributed by atoms with E-state index >= 15 is 0 Å². The van der Waals surface area contributed by atoms with Crippen molar-refractivity contribution in [3.63, 3.8) is 0 Å². The summed E-state index contributed by atoms with van der Waals surface area (Å²) in [5.41, 5.74) is 9.61. The summed E-state index contributed by atoms with van der Waals surface area (Å²) in [5, 5.41) is 6.98. The molecular weight excluding hydrogens is 264 g/mol. The summed E-state index contributed by atoms with van der Waals surface area (Å²) in [6, 6.07) is 7.84. The lowest BCUT2D eigenvalue weighted by Crippen LogP contribution is -2.31. The standard InChI is InChI=1S/C16H22N4O/c1-5-20(12-8-6-11(4)7-9-12)16(21)15-13(17)14(10(2)3)18-19-15/h6-10H,5,17H2,1-4H3,(H,18,19). The van der Waals surface area contributed by atoms with E-state index in [-0.39, 0.29) is 11.8 Å². The molecule has 1 heterocycles. The highest BCUT2D eigenvalue weighted by molar-refractivity contribution is 6.08. The van der Waals surface area contributed by atoms with Gasteiger partial charge in [0.15, 0.2) is 5.69 Å². The minimum Gasteiger partial charge on any atom is -0.395 e. The van der Waals surface area contributed by atoms with Crippen LogP contribution in [-0.4, -0.2) is 22.6 Å². The Balaban J connectivity index is 2.35. The Kier molecular flexibility index (Phi) is 4.31. The van der Waals surface area contributed by atoms with E-state index in [0.29, 0.717) is 17.9 Å². The van der Waals surface area contributed by atoms with Crippen LogP contribution in [0.1, 0.15) is 48.4 Å². The number of rotatable bonds is 4. The van der Waals surface area contributed by atoms with Gasteiger partial charge in [0.05, 0.1) is 11.4 Å². The topological polar surface area (TPSA) is 75.0 Å². The molecule has 0 radical (unpaired) electrons. The molecule has 0 saturated carbocycles. The third kappa shape index (κ3) is 2.91. The van der Waals surface area contributed by atoms with Gasteiger partial charge in [-0.25, -0.2) is 0 Å². The van der Waals surface area contributed by atoms with E-state index in [1.54, 1.807) is 4.90 Å². The Labute approximate surface area is 125 Å². The number of anilines is 2. The molecule has 1 amide bonds. The first-order valence-electron chi connectivity index (χ1n) is 7.18. The van der Waals surface area contributed by atoms with Gasteiger partial charge in [0.2, 0.25) is 0 Å². The van der Waals surface area contributed by atoms with Gasteiger partial charge in [0, 0.05) is 12.2 Å². The molecule has 0 spiro atoms. The highest BCUT2D eigenvalue weighted by atomic mass is 16.2. The van der Waals surface area contributed by atoms with E-state index in [9.17, 15) is 4.79 Å². The molecule has 0 unspecified atom stereocenters. The number of nitrogens with two attached hydrogens (primary N) is 1. The molecule has 0 aliphatic carbocycles. The molecule has 2 aromatic rings. The maximum atomic E-state index is 12.7. The number of nitrogens with zero attached hydrogens (tertiary/aromatic N) is 2. The molecule has 21 heavy (non-hydrogen) atoms. The van der Waals surface area contributed by atoms with Crippen LogP contribution >= 0.6 is 0 Å². The van der Waals surface area contributed by atoms with Crippen molar-refractivity contribution in [2.24, 2.45) is 0 Å². The number of carbonyl (C=O) groups is 1. The maximum absolute atomic E-state index is 12.7. The van der Waals surface area contributed by atoms with Crippen LogP contribution in [0.15, 0.2) is 24.3 Å². The van der Waals surface area contributed by atoms with Crippen molar-refractivity contribution in [3.05, 3.63) is 41.2 Å². The normalized spacial score (nSPS) is 10.9. The minimum absolute atomic E-state index is 0.179. The first kappa shape index (κ1) is 15.1. The second-order valence-corrected chi connectivity index (χ2v) is 5.44. The highest BCUT2D eigenvalue weighted by Gasteiger charge is 2.23. The Morgan fingerprint density at radius 3 is 2.43 bits per heavy atom. The zero-order valence-corrected chi connectivity index (χ0v) is 13.0. The van der Waals surface area contributed by atoms with Gasteiger partial charge in [-0.2, -0.15) is 5.10 Å². The number of aromatic amines is 1. The van der Waals surface area contributed by atoms with E-state index < -0.39 is 0 Å². The van der Waals surface area contributed by atoms with Crippen molar-refractivity contribution in [1.82, 2.24) is 10.2 Å². The molecule has 0 saturated heterocycles. The number of carbonyl (C=O) groups excluding carboxylic acids is 1. The summed E-state index contributed by atoms with van der Waals surface area (Å²) in [4.78, 5) is 14.4. The second-order valence-electron chi connectivity index (χ2n) is 5.44. The summed E-state index contributed by atoms with van der Waals surface area (Å²) in [5.74, 6) is 0.0236. The number of H-pyrrole nitrogens is 1. The van der Waals surface area contributed by atoms with Gasteiger partial charge in [0.1, 0.15) is 0 Å². The number of amides is 1. The lowest BCUT2D eigenvalue weighted by Gasteiger charge is -2.20. The fourth-order valence-corrected chi connectivity index (χ4v) is 2.26. The molecule has 1 aromatic heterocycles. The van der Waals surface area contributed by atoms with Gasteiger partial charge in [-0.05, 0) is 31.9 Å². The average Bonchev–Trinajstić information content (AvgIpc) is 2.83. The molecular formula is C16H22N4O. The van der Waals surface area contributed by atoms with E-state index in [2.05, 4.69) is 10.2 Å². The van der Waals surface area contributed by atoms with Gasteiger partial charge in [-0.3, -0.25) is 9.89 Å². The van der Waals surface area contributed by atoms with Crippen molar-refractivity contribution in [2.45, 2.75) is 33.6 Å². The number of aromatic nitrogens is 2. The van der Waals surface area contributed by atoms with Crippen LogP contribution in [0.3, 0.4) is 0 Å². The van der Waals surface area contributed by atoms with Crippen LogP contribution in [0, 0.1) is 6.92 Å². The van der Waals surface area contributed by atoms with Crippen molar-refractivity contribution in [3.8, 4) is 0 Å². The van der Waals surface area contributed by atoms with Crippen molar-refractivity contribution in [2.75, 3.05) is 17.2 Å². The molecule has 0 aliphatic heterocycles. The number of nitrogen functional groups attached to an aromatic ring is 1. The highest BCUT2D eigenvalue weighted by Crippen LogP contribution is 2.25. The molecule has 0 bridgehead atoms. The molecule has 1 aromatic carbocycles. The van der Waals surface area contributed by atoms with E-state index in [1.807, 2.05) is 52.0 Å². The Bertz CT molecular complexity index is 628. The van der Waals surface area contributed by atoms with Crippen LogP contribution in [0.25, 0.3) is 0 Å². The molecule has 0 fully saturated rings. The molecule has 0 aliphatic rings. The van der Waals surface area contributed by atoms with Crippen LogP contribution in [0.2, 0.25) is 0 Å². The number of hydrogen-bond donors (Lipinski definition) is 2. The van der Waals surface area contributed by atoms with E-state index in [1.165, 1.54) is 0 Å².